The molecule has 0 aliphatic rings. The predicted molar refractivity (Wildman–Crippen MR) is 122 cm³/mol. The van der Waals surface area contributed by atoms with E-state index in [1.807, 2.05) is 24.3 Å². The molecule has 3 rings (SSSR count). The number of carboxylic acid groups (broad SMARTS) is 1. The molecule has 0 aliphatic heterocycles. The van der Waals surface area contributed by atoms with Gasteiger partial charge in [0.1, 0.15) is 5.75 Å². The largest absolute Gasteiger partial charge is 0.484 e. The first kappa shape index (κ1) is 22.6. The van der Waals surface area contributed by atoms with Crippen molar-refractivity contribution in [3.8, 4) is 5.75 Å². The van der Waals surface area contributed by atoms with Gasteiger partial charge in [0.05, 0.1) is 11.3 Å². The molecule has 0 aliphatic carbocycles. The van der Waals surface area contributed by atoms with Gasteiger partial charge < -0.3 is 20.5 Å². The second kappa shape index (κ2) is 10.3. The Balaban J connectivity index is 1.54. The zero-order chi connectivity index (χ0) is 23.1. The molecule has 0 aromatic heterocycles. The number of benzene rings is 3. The van der Waals surface area contributed by atoms with Crippen molar-refractivity contribution in [1.82, 2.24) is 0 Å². The van der Waals surface area contributed by atoms with Crippen LogP contribution in [0.5, 0.6) is 5.75 Å². The van der Waals surface area contributed by atoms with E-state index in [1.54, 1.807) is 36.4 Å². The summed E-state index contributed by atoms with van der Waals surface area (Å²) < 4.78 is 5.51. The van der Waals surface area contributed by atoms with Crippen molar-refractivity contribution in [3.05, 3.63) is 89.5 Å². The van der Waals surface area contributed by atoms with E-state index >= 15 is 0 Å². The molecule has 7 heteroatoms. The van der Waals surface area contributed by atoms with Crippen LogP contribution >= 0.6 is 0 Å². The fraction of sp³-hybridized carbons (Fsp3) is 0.160. The van der Waals surface area contributed by atoms with E-state index in [-0.39, 0.29) is 23.8 Å². The van der Waals surface area contributed by atoms with Gasteiger partial charge in [-0.3, -0.25) is 9.59 Å². The van der Waals surface area contributed by atoms with Crippen molar-refractivity contribution in [2.75, 3.05) is 17.2 Å². The maximum absolute atomic E-state index is 12.4. The standard InChI is InChI=1S/C25H24N2O5/c1-16(2)17-9-13-20(14-10-17)32-15-23(28)26-19-11-7-18(8-12-19)24(29)27-22-6-4-3-5-21(22)25(30)31/h3-14,16H,15H2,1-2H3,(H,26,28)(H,27,29)(H,30,31). The van der Waals surface area contributed by atoms with Crippen LogP contribution in [0.15, 0.2) is 72.8 Å². The number of rotatable bonds is 8. The molecular formula is C25H24N2O5. The number of nitrogens with one attached hydrogen (secondary N) is 2. The third-order valence-corrected chi connectivity index (χ3v) is 4.75. The summed E-state index contributed by atoms with van der Waals surface area (Å²) in [6.07, 6.45) is 0. The van der Waals surface area contributed by atoms with Crippen LogP contribution in [0.25, 0.3) is 0 Å². The van der Waals surface area contributed by atoms with Gasteiger partial charge in [0.25, 0.3) is 11.8 Å². The molecular weight excluding hydrogens is 408 g/mol. The smallest absolute Gasteiger partial charge is 0.337 e. The van der Waals surface area contributed by atoms with E-state index in [9.17, 15) is 19.5 Å². The third-order valence-electron chi connectivity index (χ3n) is 4.75. The molecule has 3 aromatic carbocycles. The van der Waals surface area contributed by atoms with Gasteiger partial charge in [0.2, 0.25) is 0 Å². The molecule has 0 heterocycles. The highest BCUT2D eigenvalue weighted by Crippen LogP contribution is 2.19. The van der Waals surface area contributed by atoms with Gasteiger partial charge in [0.15, 0.2) is 6.61 Å². The lowest BCUT2D eigenvalue weighted by Gasteiger charge is -2.10. The number of ether oxygens (including phenoxy) is 1. The van der Waals surface area contributed by atoms with E-state index in [1.165, 1.54) is 17.7 Å². The van der Waals surface area contributed by atoms with E-state index in [0.29, 0.717) is 22.9 Å². The van der Waals surface area contributed by atoms with Crippen LogP contribution in [0, 0.1) is 0 Å². The number of anilines is 2. The van der Waals surface area contributed by atoms with Crippen LogP contribution in [-0.4, -0.2) is 29.5 Å². The Bertz CT molecular complexity index is 1110. The number of hydrogen-bond donors (Lipinski definition) is 3. The molecule has 0 bridgehead atoms. The van der Waals surface area contributed by atoms with Gasteiger partial charge in [-0.2, -0.15) is 0 Å². The molecule has 0 saturated heterocycles. The summed E-state index contributed by atoms with van der Waals surface area (Å²) in [7, 11) is 0. The quantitative estimate of drug-likeness (QED) is 0.475. The number of para-hydroxylation sites is 1. The highest BCUT2D eigenvalue weighted by Gasteiger charge is 2.13. The molecule has 0 spiro atoms. The van der Waals surface area contributed by atoms with E-state index in [4.69, 9.17) is 4.74 Å². The van der Waals surface area contributed by atoms with Gasteiger partial charge in [-0.25, -0.2) is 4.79 Å². The minimum atomic E-state index is -1.13. The molecule has 0 unspecified atom stereocenters. The predicted octanol–water partition coefficient (Wildman–Crippen LogP) is 4.78. The second-order valence-corrected chi connectivity index (χ2v) is 7.44. The van der Waals surface area contributed by atoms with Crippen LogP contribution in [0.3, 0.4) is 0 Å². The monoisotopic (exact) mass is 432 g/mol. The summed E-state index contributed by atoms with van der Waals surface area (Å²) in [5.74, 6) is -0.880. The molecule has 32 heavy (non-hydrogen) atoms. The highest BCUT2D eigenvalue weighted by molar-refractivity contribution is 6.08. The molecule has 0 saturated carbocycles. The molecule has 0 radical (unpaired) electrons. The molecule has 3 aromatic rings. The summed E-state index contributed by atoms with van der Waals surface area (Å²) >= 11 is 0. The van der Waals surface area contributed by atoms with Crippen molar-refractivity contribution in [2.24, 2.45) is 0 Å². The van der Waals surface area contributed by atoms with Crippen molar-refractivity contribution in [3.63, 3.8) is 0 Å². The number of carbonyl (C=O) groups excluding carboxylic acids is 2. The highest BCUT2D eigenvalue weighted by atomic mass is 16.5. The Morgan fingerprint density at radius 1 is 0.875 bits per heavy atom. The zero-order valence-corrected chi connectivity index (χ0v) is 17.8. The SMILES string of the molecule is CC(C)c1ccc(OCC(=O)Nc2ccc(C(=O)Nc3ccccc3C(=O)O)cc2)cc1. The normalized spacial score (nSPS) is 10.5. The van der Waals surface area contributed by atoms with Crippen molar-refractivity contribution < 1.29 is 24.2 Å². The van der Waals surface area contributed by atoms with Gasteiger partial charge in [-0.05, 0) is 60.0 Å². The first-order chi connectivity index (χ1) is 15.3. The number of carbonyl (C=O) groups is 3. The summed E-state index contributed by atoms with van der Waals surface area (Å²) in [6, 6.07) is 20.0. The fourth-order valence-electron chi connectivity index (χ4n) is 2.97. The van der Waals surface area contributed by atoms with Gasteiger partial charge in [-0.15, -0.1) is 0 Å². The lowest BCUT2D eigenvalue weighted by Crippen LogP contribution is -2.20. The van der Waals surface area contributed by atoms with Crippen LogP contribution in [-0.2, 0) is 4.79 Å². The molecule has 0 fully saturated rings. The lowest BCUT2D eigenvalue weighted by atomic mass is 10.0. The minimum absolute atomic E-state index is 0.00331. The van der Waals surface area contributed by atoms with Crippen LogP contribution in [0.2, 0.25) is 0 Å². The number of amides is 2. The lowest BCUT2D eigenvalue weighted by molar-refractivity contribution is -0.118. The van der Waals surface area contributed by atoms with Gasteiger partial charge in [-0.1, -0.05) is 38.1 Å². The maximum Gasteiger partial charge on any atom is 0.337 e. The first-order valence-corrected chi connectivity index (χ1v) is 10.1. The van der Waals surface area contributed by atoms with Crippen molar-refractivity contribution in [2.45, 2.75) is 19.8 Å². The second-order valence-electron chi connectivity index (χ2n) is 7.44. The Labute approximate surface area is 186 Å². The van der Waals surface area contributed by atoms with Gasteiger partial charge >= 0.3 is 5.97 Å². The van der Waals surface area contributed by atoms with E-state index < -0.39 is 11.9 Å². The van der Waals surface area contributed by atoms with Crippen LogP contribution < -0.4 is 15.4 Å². The Kier molecular flexibility index (Phi) is 7.23. The Morgan fingerprint density at radius 2 is 1.53 bits per heavy atom. The summed E-state index contributed by atoms with van der Waals surface area (Å²) in [4.78, 5) is 35.9. The van der Waals surface area contributed by atoms with Crippen LogP contribution in [0.4, 0.5) is 11.4 Å². The maximum atomic E-state index is 12.4. The van der Waals surface area contributed by atoms with Crippen LogP contribution in [0.1, 0.15) is 46.0 Å². The summed E-state index contributed by atoms with van der Waals surface area (Å²) in [5.41, 5.74) is 2.24. The van der Waals surface area contributed by atoms with E-state index in [2.05, 4.69) is 24.5 Å². The zero-order valence-electron chi connectivity index (χ0n) is 17.8. The summed E-state index contributed by atoms with van der Waals surface area (Å²) in [5, 5.41) is 14.5. The Hall–Kier alpha value is -4.13. The van der Waals surface area contributed by atoms with E-state index in [0.717, 1.165) is 0 Å². The minimum Gasteiger partial charge on any atom is -0.484 e. The number of carboxylic acids is 1. The molecule has 164 valence electrons. The average molecular weight is 432 g/mol. The first-order valence-electron chi connectivity index (χ1n) is 10.1. The summed E-state index contributed by atoms with van der Waals surface area (Å²) in [6.45, 7) is 4.07. The Morgan fingerprint density at radius 3 is 2.16 bits per heavy atom. The molecule has 2 amide bonds. The van der Waals surface area contributed by atoms with Crippen molar-refractivity contribution >= 4 is 29.2 Å². The molecule has 3 N–H and O–H groups in total. The molecule has 0 atom stereocenters. The van der Waals surface area contributed by atoms with Crippen molar-refractivity contribution in [1.29, 1.82) is 0 Å². The topological polar surface area (TPSA) is 105 Å². The number of hydrogen-bond acceptors (Lipinski definition) is 4. The average Bonchev–Trinajstić information content (AvgIpc) is 2.78. The third kappa shape index (κ3) is 5.95. The fourth-order valence-corrected chi connectivity index (χ4v) is 2.97. The molecule has 7 nitrogen and oxygen atoms in total. The van der Waals surface area contributed by atoms with Gasteiger partial charge in [0, 0.05) is 11.3 Å². The number of aromatic carboxylic acids is 1.